The van der Waals surface area contributed by atoms with Gasteiger partial charge in [0, 0.05) is 31.7 Å². The number of aromatic nitrogens is 3. The molecule has 3 rings (SSSR count). The molecule has 130 valence electrons. The largest absolute Gasteiger partial charge is 0.326 e. The van der Waals surface area contributed by atoms with E-state index in [2.05, 4.69) is 15.5 Å². The van der Waals surface area contributed by atoms with Gasteiger partial charge in [0.25, 0.3) is 0 Å². The van der Waals surface area contributed by atoms with Crippen molar-refractivity contribution in [3.63, 3.8) is 0 Å². The fourth-order valence-corrected chi connectivity index (χ4v) is 4.71. The second kappa shape index (κ2) is 6.48. The van der Waals surface area contributed by atoms with E-state index in [1.807, 2.05) is 18.0 Å². The van der Waals surface area contributed by atoms with Gasteiger partial charge < -0.3 is 10.2 Å². The molecule has 0 saturated carbocycles. The number of hydrogen-bond donors (Lipinski definition) is 1. The van der Waals surface area contributed by atoms with Gasteiger partial charge in [0.2, 0.25) is 5.91 Å². The first-order chi connectivity index (χ1) is 11.3. The van der Waals surface area contributed by atoms with Crippen LogP contribution in [0.3, 0.4) is 0 Å². The molecule has 1 aromatic carbocycles. The third-order valence-electron chi connectivity index (χ3n) is 4.29. The van der Waals surface area contributed by atoms with Crippen molar-refractivity contribution in [2.24, 2.45) is 7.05 Å². The van der Waals surface area contributed by atoms with Crippen LogP contribution in [0.15, 0.2) is 18.2 Å². The molecule has 1 aliphatic rings. The summed E-state index contributed by atoms with van der Waals surface area (Å²) < 4.78 is 23.0. The van der Waals surface area contributed by atoms with E-state index >= 15 is 0 Å². The summed E-state index contributed by atoms with van der Waals surface area (Å²) in [7, 11) is 0.709. The van der Waals surface area contributed by atoms with Crippen molar-refractivity contribution in [2.75, 3.05) is 30.4 Å². The number of aryl methyl sites for hydroxylation is 1. The highest BCUT2D eigenvalue weighted by Crippen LogP contribution is 2.18. The van der Waals surface area contributed by atoms with Gasteiger partial charge in [0.15, 0.2) is 9.84 Å². The number of nitrogens with one attached hydrogen (secondary N) is 1. The van der Waals surface area contributed by atoms with E-state index in [0.717, 1.165) is 11.0 Å². The molecule has 0 aliphatic carbocycles. The molecule has 24 heavy (non-hydrogen) atoms. The standard InChI is InChI=1S/C15H21N5O3S/c1-19(12-6-8-24(22,23)10-12)7-5-15(21)16-11-3-4-13-14(9-11)18-20(2)17-13/h3-4,9,12H,5-8,10H2,1-2H3,(H,16,21). The smallest absolute Gasteiger partial charge is 0.225 e. The fourth-order valence-electron chi connectivity index (χ4n) is 2.91. The Bertz CT molecular complexity index is 861. The molecule has 1 fully saturated rings. The topological polar surface area (TPSA) is 97.2 Å². The SMILES string of the molecule is CN(CCC(=O)Nc1ccc2nn(C)nc2c1)C1CCS(=O)(=O)C1. The summed E-state index contributed by atoms with van der Waals surface area (Å²) in [4.78, 5) is 15.5. The highest BCUT2D eigenvalue weighted by Gasteiger charge is 2.30. The molecule has 2 aromatic rings. The Morgan fingerprint density at radius 2 is 2.12 bits per heavy atom. The lowest BCUT2D eigenvalue weighted by Gasteiger charge is -2.22. The number of amides is 1. The first-order valence-electron chi connectivity index (χ1n) is 7.84. The van der Waals surface area contributed by atoms with Crippen LogP contribution in [0.25, 0.3) is 11.0 Å². The minimum Gasteiger partial charge on any atom is -0.326 e. The normalized spacial score (nSPS) is 19.9. The zero-order valence-electron chi connectivity index (χ0n) is 13.8. The average Bonchev–Trinajstić information content (AvgIpc) is 3.05. The van der Waals surface area contributed by atoms with Crippen molar-refractivity contribution in [3.05, 3.63) is 18.2 Å². The van der Waals surface area contributed by atoms with E-state index in [1.165, 1.54) is 4.80 Å². The average molecular weight is 351 g/mol. The molecule has 1 aromatic heterocycles. The van der Waals surface area contributed by atoms with Gasteiger partial charge in [-0.25, -0.2) is 8.42 Å². The molecular weight excluding hydrogens is 330 g/mol. The zero-order valence-corrected chi connectivity index (χ0v) is 14.6. The Morgan fingerprint density at radius 3 is 2.83 bits per heavy atom. The quantitative estimate of drug-likeness (QED) is 0.838. The van der Waals surface area contributed by atoms with Gasteiger partial charge in [-0.15, -0.1) is 0 Å². The zero-order chi connectivity index (χ0) is 17.3. The third-order valence-corrected chi connectivity index (χ3v) is 6.04. The van der Waals surface area contributed by atoms with Crippen molar-refractivity contribution in [1.82, 2.24) is 19.9 Å². The molecule has 0 radical (unpaired) electrons. The lowest BCUT2D eigenvalue weighted by molar-refractivity contribution is -0.116. The minimum atomic E-state index is -2.90. The molecule has 0 spiro atoms. The monoisotopic (exact) mass is 351 g/mol. The van der Waals surface area contributed by atoms with Crippen molar-refractivity contribution >= 4 is 32.5 Å². The first-order valence-corrected chi connectivity index (χ1v) is 9.66. The highest BCUT2D eigenvalue weighted by molar-refractivity contribution is 7.91. The molecule has 8 nitrogen and oxygen atoms in total. The number of carbonyl (C=O) groups excluding carboxylic acids is 1. The van der Waals surface area contributed by atoms with Crippen LogP contribution < -0.4 is 5.32 Å². The van der Waals surface area contributed by atoms with Crippen LogP contribution in [0, 0.1) is 0 Å². The number of rotatable bonds is 5. The van der Waals surface area contributed by atoms with Crippen LogP contribution in [0.1, 0.15) is 12.8 Å². The molecule has 1 N–H and O–H groups in total. The Kier molecular flexibility index (Phi) is 4.55. The first kappa shape index (κ1) is 16.8. The van der Waals surface area contributed by atoms with E-state index in [9.17, 15) is 13.2 Å². The number of fused-ring (bicyclic) bond motifs is 1. The molecule has 1 saturated heterocycles. The van der Waals surface area contributed by atoms with Gasteiger partial charge in [-0.05, 0) is 31.7 Å². The molecule has 9 heteroatoms. The van der Waals surface area contributed by atoms with Crippen LogP contribution >= 0.6 is 0 Å². The van der Waals surface area contributed by atoms with Crippen LogP contribution in [0.2, 0.25) is 0 Å². The molecule has 1 atom stereocenters. The molecular formula is C15H21N5O3S. The Balaban J connectivity index is 1.53. The second-order valence-corrected chi connectivity index (χ2v) is 8.46. The molecule has 1 amide bonds. The maximum Gasteiger partial charge on any atom is 0.225 e. The van der Waals surface area contributed by atoms with E-state index < -0.39 is 9.84 Å². The van der Waals surface area contributed by atoms with E-state index in [4.69, 9.17) is 0 Å². The van der Waals surface area contributed by atoms with Crippen LogP contribution in [0.4, 0.5) is 5.69 Å². The summed E-state index contributed by atoms with van der Waals surface area (Å²) in [5.41, 5.74) is 2.18. The summed E-state index contributed by atoms with van der Waals surface area (Å²) in [6.45, 7) is 0.527. The van der Waals surface area contributed by atoms with Gasteiger partial charge in [-0.2, -0.15) is 15.0 Å². The van der Waals surface area contributed by atoms with Gasteiger partial charge in [-0.3, -0.25) is 4.79 Å². The Morgan fingerprint density at radius 1 is 1.38 bits per heavy atom. The van der Waals surface area contributed by atoms with Gasteiger partial charge in [-0.1, -0.05) is 0 Å². The maximum atomic E-state index is 12.1. The highest BCUT2D eigenvalue weighted by atomic mass is 32.2. The molecule has 1 unspecified atom stereocenters. The fraction of sp³-hybridized carbons (Fsp3) is 0.533. The summed E-state index contributed by atoms with van der Waals surface area (Å²) in [6, 6.07) is 5.40. The van der Waals surface area contributed by atoms with Crippen molar-refractivity contribution in [1.29, 1.82) is 0 Å². The summed E-state index contributed by atoms with van der Waals surface area (Å²) in [5.74, 6) is 0.326. The summed E-state index contributed by atoms with van der Waals surface area (Å²) >= 11 is 0. The van der Waals surface area contributed by atoms with E-state index in [-0.39, 0.29) is 23.5 Å². The molecule has 2 heterocycles. The van der Waals surface area contributed by atoms with Crippen molar-refractivity contribution in [3.8, 4) is 0 Å². The third kappa shape index (κ3) is 3.90. The predicted molar refractivity (Wildman–Crippen MR) is 91.4 cm³/mol. The van der Waals surface area contributed by atoms with Crippen molar-refractivity contribution < 1.29 is 13.2 Å². The molecule has 1 aliphatic heterocycles. The number of carbonyl (C=O) groups is 1. The van der Waals surface area contributed by atoms with Crippen molar-refractivity contribution in [2.45, 2.75) is 18.9 Å². The Labute approximate surface area is 140 Å². The number of sulfone groups is 1. The number of anilines is 1. The lowest BCUT2D eigenvalue weighted by Crippen LogP contribution is -2.35. The maximum absolute atomic E-state index is 12.1. The van der Waals surface area contributed by atoms with Crippen LogP contribution in [-0.2, 0) is 21.7 Å². The Hall–Kier alpha value is -2.00. The summed E-state index contributed by atoms with van der Waals surface area (Å²) in [6.07, 6.45) is 0.954. The lowest BCUT2D eigenvalue weighted by atomic mass is 10.2. The minimum absolute atomic E-state index is 0.0127. The summed E-state index contributed by atoms with van der Waals surface area (Å²) in [5, 5.41) is 11.2. The van der Waals surface area contributed by atoms with Gasteiger partial charge >= 0.3 is 0 Å². The number of benzene rings is 1. The van der Waals surface area contributed by atoms with Crippen LogP contribution in [0.5, 0.6) is 0 Å². The van der Waals surface area contributed by atoms with E-state index in [1.54, 1.807) is 19.2 Å². The number of hydrogen-bond acceptors (Lipinski definition) is 6. The predicted octanol–water partition coefficient (Wildman–Crippen LogP) is 0.416. The van der Waals surface area contributed by atoms with E-state index in [0.29, 0.717) is 25.1 Å². The van der Waals surface area contributed by atoms with Crippen LogP contribution in [-0.4, -0.2) is 65.4 Å². The number of nitrogens with zero attached hydrogens (tertiary/aromatic N) is 4. The van der Waals surface area contributed by atoms with Gasteiger partial charge in [0.05, 0.1) is 11.5 Å². The van der Waals surface area contributed by atoms with Gasteiger partial charge in [0.1, 0.15) is 11.0 Å². The molecule has 0 bridgehead atoms. The second-order valence-electron chi connectivity index (χ2n) is 6.23.